The van der Waals surface area contributed by atoms with Crippen LogP contribution >= 0.6 is 0 Å². The Balaban J connectivity index is 1.54. The van der Waals surface area contributed by atoms with E-state index in [-0.39, 0.29) is 17.5 Å². The van der Waals surface area contributed by atoms with Gasteiger partial charge in [-0.05, 0) is 24.3 Å². The topological polar surface area (TPSA) is 58.6 Å². The maximum absolute atomic E-state index is 13.0. The van der Waals surface area contributed by atoms with E-state index in [9.17, 15) is 4.79 Å². The smallest absolute Gasteiger partial charge is 0.278 e. The highest BCUT2D eigenvalue weighted by atomic mass is 16.5. The van der Waals surface area contributed by atoms with Gasteiger partial charge in [-0.1, -0.05) is 30.3 Å². The fourth-order valence-corrected chi connectivity index (χ4v) is 3.22. The molecular formula is C20H20N4O2. The van der Waals surface area contributed by atoms with Crippen LogP contribution in [-0.2, 0) is 0 Å². The number of carbonyl (C=O) groups is 1. The first-order valence-corrected chi connectivity index (χ1v) is 8.66. The maximum Gasteiger partial charge on any atom is 0.278 e. The molecule has 1 aliphatic heterocycles. The van der Waals surface area contributed by atoms with E-state index in [4.69, 9.17) is 4.74 Å². The Morgan fingerprint density at radius 1 is 0.885 bits per heavy atom. The van der Waals surface area contributed by atoms with Crippen molar-refractivity contribution in [2.45, 2.75) is 0 Å². The van der Waals surface area contributed by atoms with Crippen LogP contribution in [0.25, 0.3) is 11.0 Å². The molecule has 0 unspecified atom stereocenters. The third-order valence-electron chi connectivity index (χ3n) is 4.62. The van der Waals surface area contributed by atoms with Crippen LogP contribution in [0.2, 0.25) is 0 Å². The largest absolute Gasteiger partial charge is 0.479 e. The number of methoxy groups -OCH3 is 1. The average molecular weight is 348 g/mol. The molecule has 26 heavy (non-hydrogen) atoms. The third-order valence-corrected chi connectivity index (χ3v) is 4.62. The minimum Gasteiger partial charge on any atom is -0.479 e. The van der Waals surface area contributed by atoms with Gasteiger partial charge >= 0.3 is 0 Å². The summed E-state index contributed by atoms with van der Waals surface area (Å²) in [5.74, 6) is 0.145. The second kappa shape index (κ2) is 7.00. The minimum atomic E-state index is -0.132. The number of anilines is 1. The number of amides is 1. The summed E-state index contributed by atoms with van der Waals surface area (Å²) in [4.78, 5) is 26.0. The molecule has 0 atom stereocenters. The van der Waals surface area contributed by atoms with Gasteiger partial charge in [-0.2, -0.15) is 0 Å². The number of aromatic nitrogens is 2. The van der Waals surface area contributed by atoms with Gasteiger partial charge in [0.1, 0.15) is 0 Å². The van der Waals surface area contributed by atoms with Gasteiger partial charge in [0.05, 0.1) is 18.1 Å². The molecule has 0 N–H and O–H groups in total. The van der Waals surface area contributed by atoms with Crippen molar-refractivity contribution in [3.8, 4) is 5.88 Å². The van der Waals surface area contributed by atoms with Gasteiger partial charge in [-0.25, -0.2) is 9.97 Å². The van der Waals surface area contributed by atoms with Crippen molar-refractivity contribution in [1.82, 2.24) is 14.9 Å². The predicted molar refractivity (Wildman–Crippen MR) is 101 cm³/mol. The van der Waals surface area contributed by atoms with Crippen LogP contribution in [0.15, 0.2) is 54.6 Å². The summed E-state index contributed by atoms with van der Waals surface area (Å²) in [6, 6.07) is 17.7. The number of para-hydroxylation sites is 3. The van der Waals surface area contributed by atoms with Crippen molar-refractivity contribution < 1.29 is 9.53 Å². The second-order valence-corrected chi connectivity index (χ2v) is 6.19. The Morgan fingerprint density at radius 3 is 2.15 bits per heavy atom. The van der Waals surface area contributed by atoms with E-state index in [1.165, 1.54) is 12.8 Å². The summed E-state index contributed by atoms with van der Waals surface area (Å²) < 4.78 is 5.32. The Bertz CT molecular complexity index is 922. The van der Waals surface area contributed by atoms with E-state index >= 15 is 0 Å². The number of hydrogen-bond donors (Lipinski definition) is 0. The highest BCUT2D eigenvalue weighted by molar-refractivity contribution is 5.96. The highest BCUT2D eigenvalue weighted by Crippen LogP contribution is 2.22. The van der Waals surface area contributed by atoms with E-state index < -0.39 is 0 Å². The first-order valence-electron chi connectivity index (χ1n) is 8.66. The highest BCUT2D eigenvalue weighted by Gasteiger charge is 2.26. The second-order valence-electron chi connectivity index (χ2n) is 6.19. The van der Waals surface area contributed by atoms with Crippen LogP contribution in [0.4, 0.5) is 5.69 Å². The quantitative estimate of drug-likeness (QED) is 0.728. The lowest BCUT2D eigenvalue weighted by molar-refractivity contribution is 0.0736. The molecule has 1 aliphatic rings. The molecule has 2 heterocycles. The molecule has 0 spiro atoms. The number of carbonyl (C=O) groups excluding carboxylic acids is 1. The molecule has 2 aromatic carbocycles. The van der Waals surface area contributed by atoms with E-state index in [1.807, 2.05) is 47.4 Å². The van der Waals surface area contributed by atoms with E-state index in [1.54, 1.807) is 0 Å². The van der Waals surface area contributed by atoms with Gasteiger partial charge in [-0.3, -0.25) is 4.79 Å². The number of ether oxygens (including phenoxy) is 1. The SMILES string of the molecule is COc1nc2ccccc2nc1C(=O)N1CCN(c2ccccc2)CC1. The van der Waals surface area contributed by atoms with Crippen LogP contribution < -0.4 is 9.64 Å². The Morgan fingerprint density at radius 2 is 1.50 bits per heavy atom. The van der Waals surface area contributed by atoms with Gasteiger partial charge in [0.2, 0.25) is 5.88 Å². The number of piperazine rings is 1. The van der Waals surface area contributed by atoms with Crippen LogP contribution in [0.3, 0.4) is 0 Å². The molecule has 1 aromatic heterocycles. The zero-order valence-electron chi connectivity index (χ0n) is 14.6. The summed E-state index contributed by atoms with van der Waals surface area (Å²) in [5.41, 5.74) is 2.87. The third kappa shape index (κ3) is 3.06. The minimum absolute atomic E-state index is 0.132. The van der Waals surface area contributed by atoms with Gasteiger partial charge in [0.15, 0.2) is 5.69 Å². The fraction of sp³-hybridized carbons (Fsp3) is 0.250. The maximum atomic E-state index is 13.0. The lowest BCUT2D eigenvalue weighted by Gasteiger charge is -2.36. The molecule has 1 fully saturated rings. The van der Waals surface area contributed by atoms with Crippen molar-refractivity contribution in [2.24, 2.45) is 0 Å². The Hall–Kier alpha value is -3.15. The number of rotatable bonds is 3. The molecule has 0 aliphatic carbocycles. The van der Waals surface area contributed by atoms with Crippen molar-refractivity contribution in [1.29, 1.82) is 0 Å². The molecule has 4 rings (SSSR count). The van der Waals surface area contributed by atoms with Crippen LogP contribution in [0.5, 0.6) is 5.88 Å². The lowest BCUT2D eigenvalue weighted by Crippen LogP contribution is -2.49. The first-order chi connectivity index (χ1) is 12.8. The zero-order valence-corrected chi connectivity index (χ0v) is 14.6. The molecule has 0 radical (unpaired) electrons. The Kier molecular flexibility index (Phi) is 4.39. The Labute approximate surface area is 152 Å². The molecule has 6 heteroatoms. The normalized spacial score (nSPS) is 14.5. The molecule has 6 nitrogen and oxygen atoms in total. The van der Waals surface area contributed by atoms with Crippen LogP contribution in [-0.4, -0.2) is 54.1 Å². The molecule has 3 aromatic rings. The average Bonchev–Trinajstić information content (AvgIpc) is 2.73. The number of benzene rings is 2. The predicted octanol–water partition coefficient (Wildman–Crippen LogP) is 2.60. The summed E-state index contributed by atoms with van der Waals surface area (Å²) in [6.07, 6.45) is 0. The first kappa shape index (κ1) is 16.3. The number of hydrogen-bond acceptors (Lipinski definition) is 5. The fourth-order valence-electron chi connectivity index (χ4n) is 3.22. The monoisotopic (exact) mass is 348 g/mol. The van der Waals surface area contributed by atoms with Crippen molar-refractivity contribution in [3.05, 3.63) is 60.3 Å². The van der Waals surface area contributed by atoms with Crippen molar-refractivity contribution in [3.63, 3.8) is 0 Å². The molecule has 0 bridgehead atoms. The van der Waals surface area contributed by atoms with Crippen LogP contribution in [0, 0.1) is 0 Å². The summed E-state index contributed by atoms with van der Waals surface area (Å²) in [7, 11) is 1.52. The number of fused-ring (bicyclic) bond motifs is 1. The van der Waals surface area contributed by atoms with E-state index in [0.29, 0.717) is 18.6 Å². The summed E-state index contributed by atoms with van der Waals surface area (Å²) in [5, 5.41) is 0. The van der Waals surface area contributed by atoms with Gasteiger partial charge < -0.3 is 14.5 Å². The lowest BCUT2D eigenvalue weighted by atomic mass is 10.2. The molecule has 0 saturated carbocycles. The van der Waals surface area contributed by atoms with Crippen molar-refractivity contribution in [2.75, 3.05) is 38.2 Å². The van der Waals surface area contributed by atoms with Gasteiger partial charge in [0, 0.05) is 31.9 Å². The molecular weight excluding hydrogens is 328 g/mol. The molecule has 1 saturated heterocycles. The molecule has 1 amide bonds. The van der Waals surface area contributed by atoms with Gasteiger partial charge in [0.25, 0.3) is 5.91 Å². The van der Waals surface area contributed by atoms with Gasteiger partial charge in [-0.15, -0.1) is 0 Å². The zero-order chi connectivity index (χ0) is 17.9. The summed E-state index contributed by atoms with van der Waals surface area (Å²) >= 11 is 0. The standard InChI is InChI=1S/C20H20N4O2/c1-26-19-18(21-16-9-5-6-10-17(16)22-19)20(25)24-13-11-23(12-14-24)15-7-3-2-4-8-15/h2-10H,11-14H2,1H3. The molecule has 132 valence electrons. The van der Waals surface area contributed by atoms with Crippen molar-refractivity contribution >= 4 is 22.6 Å². The van der Waals surface area contributed by atoms with E-state index in [0.717, 1.165) is 18.6 Å². The van der Waals surface area contributed by atoms with E-state index in [2.05, 4.69) is 27.0 Å². The number of nitrogens with zero attached hydrogens (tertiary/aromatic N) is 4. The van der Waals surface area contributed by atoms with Crippen LogP contribution in [0.1, 0.15) is 10.5 Å². The summed E-state index contributed by atoms with van der Waals surface area (Å²) in [6.45, 7) is 2.87.